The van der Waals surface area contributed by atoms with Crippen LogP contribution in [-0.4, -0.2) is 32.5 Å². The predicted octanol–water partition coefficient (Wildman–Crippen LogP) is 4.01. The summed E-state index contributed by atoms with van der Waals surface area (Å²) >= 11 is 12.2. The molecule has 0 radical (unpaired) electrons. The first-order valence-electron chi connectivity index (χ1n) is 9.01. The van der Waals surface area contributed by atoms with Crippen molar-refractivity contribution in [3.63, 3.8) is 0 Å². The molecule has 1 saturated heterocycles. The number of nitrogens with zero attached hydrogens (tertiary/aromatic N) is 4. The number of benzene rings is 1. The monoisotopic (exact) mass is 402 g/mol. The van der Waals surface area contributed by atoms with Crippen molar-refractivity contribution in [2.24, 2.45) is 7.05 Å². The van der Waals surface area contributed by atoms with E-state index in [2.05, 4.69) is 9.88 Å². The molecule has 0 spiro atoms. The number of piperidine rings is 1. The number of rotatable bonds is 3. The third-order valence-corrected chi connectivity index (χ3v) is 5.86. The lowest BCUT2D eigenvalue weighted by Gasteiger charge is -2.32. The first-order valence-corrected chi connectivity index (χ1v) is 9.76. The second kappa shape index (κ2) is 7.58. The van der Waals surface area contributed by atoms with Crippen LogP contribution in [0.25, 0.3) is 10.9 Å². The number of aromatic nitrogens is 3. The Morgan fingerprint density at radius 3 is 2.81 bits per heavy atom. The van der Waals surface area contributed by atoms with Gasteiger partial charge in [0.2, 0.25) is 0 Å². The minimum atomic E-state index is -0.0876. The molecule has 5 nitrogen and oxygen atoms in total. The third kappa shape index (κ3) is 3.72. The maximum Gasteiger partial charge on any atom is 0.261 e. The smallest absolute Gasteiger partial charge is 0.261 e. The minimum Gasteiger partial charge on any atom is -0.299 e. The van der Waals surface area contributed by atoms with Gasteiger partial charge in [-0.1, -0.05) is 29.3 Å². The molecule has 3 heterocycles. The lowest BCUT2D eigenvalue weighted by atomic mass is 9.96. The molecule has 0 aliphatic carbocycles. The van der Waals surface area contributed by atoms with Gasteiger partial charge >= 0.3 is 0 Å². The van der Waals surface area contributed by atoms with Crippen molar-refractivity contribution in [3.8, 4) is 0 Å². The van der Waals surface area contributed by atoms with Gasteiger partial charge in [0.05, 0.1) is 26.6 Å². The van der Waals surface area contributed by atoms with Crippen LogP contribution in [0.15, 0.2) is 41.3 Å². The average molecular weight is 403 g/mol. The van der Waals surface area contributed by atoms with E-state index in [1.165, 1.54) is 0 Å². The van der Waals surface area contributed by atoms with Gasteiger partial charge in [0.15, 0.2) is 0 Å². The van der Waals surface area contributed by atoms with Gasteiger partial charge in [0.1, 0.15) is 5.82 Å². The summed E-state index contributed by atoms with van der Waals surface area (Å²) in [6.45, 7) is 2.68. The fourth-order valence-electron chi connectivity index (χ4n) is 3.78. The standard InChI is InChI=1S/C20H20Cl2N4O/c1-25-19(24-18-10-17(22)16(21)9-15(18)20(25)27)13-5-4-8-26(11-13)12-14-6-2-3-7-23-14/h2-3,6-7,9-10,13H,4-5,8,11-12H2,1H3/t13-/m1/s1. The molecule has 0 saturated carbocycles. The zero-order valence-electron chi connectivity index (χ0n) is 15.0. The van der Waals surface area contributed by atoms with Gasteiger partial charge in [-0.15, -0.1) is 0 Å². The van der Waals surface area contributed by atoms with Crippen LogP contribution in [-0.2, 0) is 13.6 Å². The lowest BCUT2D eigenvalue weighted by molar-refractivity contribution is 0.192. The topological polar surface area (TPSA) is 51.0 Å². The molecule has 27 heavy (non-hydrogen) atoms. The van der Waals surface area contributed by atoms with E-state index < -0.39 is 0 Å². The van der Waals surface area contributed by atoms with Crippen LogP contribution >= 0.6 is 23.2 Å². The van der Waals surface area contributed by atoms with Crippen LogP contribution in [0.2, 0.25) is 10.0 Å². The fraction of sp³-hybridized carbons (Fsp3) is 0.350. The maximum atomic E-state index is 12.8. The molecule has 2 aromatic heterocycles. The van der Waals surface area contributed by atoms with Crippen LogP contribution in [0.3, 0.4) is 0 Å². The molecule has 0 amide bonds. The van der Waals surface area contributed by atoms with E-state index in [0.29, 0.717) is 20.9 Å². The molecule has 0 N–H and O–H groups in total. The fourth-order valence-corrected chi connectivity index (χ4v) is 4.10. The summed E-state index contributed by atoms with van der Waals surface area (Å²) in [5, 5.41) is 1.28. The lowest BCUT2D eigenvalue weighted by Crippen LogP contribution is -2.37. The van der Waals surface area contributed by atoms with Gasteiger partial charge in [-0.2, -0.15) is 0 Å². The Morgan fingerprint density at radius 2 is 2.04 bits per heavy atom. The van der Waals surface area contributed by atoms with Crippen molar-refractivity contribution in [2.75, 3.05) is 13.1 Å². The summed E-state index contributed by atoms with van der Waals surface area (Å²) in [6, 6.07) is 9.26. The van der Waals surface area contributed by atoms with Crippen molar-refractivity contribution in [1.29, 1.82) is 0 Å². The van der Waals surface area contributed by atoms with E-state index in [-0.39, 0.29) is 11.5 Å². The zero-order chi connectivity index (χ0) is 19.0. The maximum absolute atomic E-state index is 12.8. The number of halogens is 2. The van der Waals surface area contributed by atoms with E-state index in [4.69, 9.17) is 28.2 Å². The van der Waals surface area contributed by atoms with Gasteiger partial charge in [0, 0.05) is 32.3 Å². The van der Waals surface area contributed by atoms with Crippen LogP contribution in [0, 0.1) is 0 Å². The Hall–Kier alpha value is -1.95. The zero-order valence-corrected chi connectivity index (χ0v) is 16.5. The van der Waals surface area contributed by atoms with Crippen molar-refractivity contribution >= 4 is 34.1 Å². The van der Waals surface area contributed by atoms with Gasteiger partial charge in [-0.3, -0.25) is 19.2 Å². The second-order valence-corrected chi connectivity index (χ2v) is 7.83. The molecule has 1 fully saturated rings. The van der Waals surface area contributed by atoms with E-state index >= 15 is 0 Å². The summed E-state index contributed by atoms with van der Waals surface area (Å²) in [5.41, 5.74) is 1.57. The van der Waals surface area contributed by atoms with Gasteiger partial charge in [-0.05, 0) is 43.7 Å². The quantitative estimate of drug-likeness (QED) is 0.663. The number of pyridine rings is 1. The highest BCUT2D eigenvalue weighted by Crippen LogP contribution is 2.29. The molecule has 1 atom stereocenters. The Labute approximate surface area is 167 Å². The normalized spacial score (nSPS) is 18.1. The molecule has 140 valence electrons. The molecule has 1 aliphatic rings. The molecular formula is C20H20Cl2N4O. The van der Waals surface area contributed by atoms with E-state index in [0.717, 1.165) is 44.0 Å². The summed E-state index contributed by atoms with van der Waals surface area (Å²) < 4.78 is 1.65. The minimum absolute atomic E-state index is 0.0876. The molecule has 0 bridgehead atoms. The Morgan fingerprint density at radius 1 is 1.22 bits per heavy atom. The van der Waals surface area contributed by atoms with Crippen LogP contribution in [0.5, 0.6) is 0 Å². The molecule has 3 aromatic rings. The summed E-state index contributed by atoms with van der Waals surface area (Å²) in [6.07, 6.45) is 3.89. The largest absolute Gasteiger partial charge is 0.299 e. The average Bonchev–Trinajstić information content (AvgIpc) is 2.67. The van der Waals surface area contributed by atoms with E-state index in [1.807, 2.05) is 24.4 Å². The van der Waals surface area contributed by atoms with Crippen molar-refractivity contribution in [2.45, 2.75) is 25.3 Å². The van der Waals surface area contributed by atoms with Gasteiger partial charge < -0.3 is 0 Å². The second-order valence-electron chi connectivity index (χ2n) is 7.01. The highest BCUT2D eigenvalue weighted by molar-refractivity contribution is 6.42. The van der Waals surface area contributed by atoms with Crippen LogP contribution in [0.4, 0.5) is 0 Å². The molecule has 1 aromatic carbocycles. The Bertz CT molecular complexity index is 1040. The Kier molecular flexibility index (Phi) is 5.17. The third-order valence-electron chi connectivity index (χ3n) is 5.13. The summed E-state index contributed by atoms with van der Waals surface area (Å²) in [4.78, 5) is 24.4. The summed E-state index contributed by atoms with van der Waals surface area (Å²) in [7, 11) is 1.78. The number of fused-ring (bicyclic) bond motifs is 1. The highest BCUT2D eigenvalue weighted by Gasteiger charge is 2.25. The summed E-state index contributed by atoms with van der Waals surface area (Å²) in [5.74, 6) is 0.996. The van der Waals surface area contributed by atoms with Crippen molar-refractivity contribution in [3.05, 3.63) is 68.4 Å². The first kappa shape index (κ1) is 18.4. The molecule has 1 aliphatic heterocycles. The highest BCUT2D eigenvalue weighted by atomic mass is 35.5. The first-order chi connectivity index (χ1) is 13.0. The van der Waals surface area contributed by atoms with Crippen molar-refractivity contribution < 1.29 is 0 Å². The van der Waals surface area contributed by atoms with E-state index in [9.17, 15) is 4.79 Å². The molecule has 4 rings (SSSR count). The van der Waals surface area contributed by atoms with Crippen LogP contribution in [0.1, 0.15) is 30.3 Å². The number of likely N-dealkylation sites (tertiary alicyclic amines) is 1. The predicted molar refractivity (Wildman–Crippen MR) is 108 cm³/mol. The molecule has 0 unspecified atom stereocenters. The Balaban J connectivity index is 1.66. The molecule has 7 heteroatoms. The van der Waals surface area contributed by atoms with Gasteiger partial charge in [-0.25, -0.2) is 4.98 Å². The number of hydrogen-bond acceptors (Lipinski definition) is 4. The SMILES string of the molecule is Cn1c([C@@H]2CCCN(Cc3ccccn3)C2)nc2cc(Cl)c(Cl)cc2c1=O. The van der Waals surface area contributed by atoms with E-state index in [1.54, 1.807) is 23.7 Å². The molecular weight excluding hydrogens is 383 g/mol. The number of hydrogen-bond donors (Lipinski definition) is 0. The van der Waals surface area contributed by atoms with Crippen molar-refractivity contribution in [1.82, 2.24) is 19.4 Å². The van der Waals surface area contributed by atoms with Gasteiger partial charge in [0.25, 0.3) is 5.56 Å². The van der Waals surface area contributed by atoms with Crippen LogP contribution < -0.4 is 5.56 Å².